The highest BCUT2D eigenvalue weighted by Crippen LogP contribution is 2.32. The molecule has 2 fully saturated rings. The molecule has 2 aromatic rings. The monoisotopic (exact) mass is 284 g/mol. The number of nitrogens with zero attached hydrogens (tertiary/aromatic N) is 3. The fraction of sp³-hybridized carbons (Fsp3) is 0.500. The van der Waals surface area contributed by atoms with Gasteiger partial charge in [0, 0.05) is 6.04 Å². The van der Waals surface area contributed by atoms with E-state index in [2.05, 4.69) is 15.4 Å². The van der Waals surface area contributed by atoms with Crippen molar-refractivity contribution in [3.05, 3.63) is 42.5 Å². The topological polar surface area (TPSA) is 52.0 Å². The van der Waals surface area contributed by atoms with E-state index in [-0.39, 0.29) is 0 Å². The van der Waals surface area contributed by atoms with Gasteiger partial charge in [-0.15, -0.1) is 5.10 Å². The Labute approximate surface area is 124 Å². The number of rotatable bonds is 4. The van der Waals surface area contributed by atoms with Crippen molar-refractivity contribution in [3.8, 4) is 5.69 Å². The molecule has 1 aromatic heterocycles. The third kappa shape index (κ3) is 2.84. The zero-order valence-electron chi connectivity index (χ0n) is 12.0. The summed E-state index contributed by atoms with van der Waals surface area (Å²) in [7, 11) is 0. The van der Waals surface area contributed by atoms with E-state index in [1.165, 1.54) is 12.8 Å². The number of hydrogen-bond donors (Lipinski definition) is 1. The molecule has 1 N–H and O–H groups in total. The molecular weight excluding hydrogens is 264 g/mol. The minimum atomic E-state index is 0.469. The number of para-hydroxylation sites is 1. The van der Waals surface area contributed by atoms with Crippen molar-refractivity contribution in [2.24, 2.45) is 0 Å². The van der Waals surface area contributed by atoms with E-state index in [9.17, 15) is 0 Å². The van der Waals surface area contributed by atoms with Crippen LogP contribution in [0.25, 0.3) is 5.69 Å². The molecule has 2 aliphatic rings. The highest BCUT2D eigenvalue weighted by atomic mass is 16.5. The van der Waals surface area contributed by atoms with E-state index < -0.39 is 0 Å². The largest absolute Gasteiger partial charge is 0.375 e. The van der Waals surface area contributed by atoms with Crippen molar-refractivity contribution < 1.29 is 4.74 Å². The molecule has 2 saturated heterocycles. The molecule has 0 amide bonds. The zero-order valence-corrected chi connectivity index (χ0v) is 12.0. The van der Waals surface area contributed by atoms with Gasteiger partial charge >= 0.3 is 0 Å². The third-order valence-corrected chi connectivity index (χ3v) is 4.40. The van der Waals surface area contributed by atoms with Gasteiger partial charge in [0.25, 0.3) is 0 Å². The second-order valence-electron chi connectivity index (χ2n) is 5.95. The average molecular weight is 284 g/mol. The quantitative estimate of drug-likeness (QED) is 0.934. The molecule has 2 bridgehead atoms. The maximum Gasteiger partial charge on any atom is 0.164 e. The number of ether oxygens (including phenoxy) is 1. The first-order chi connectivity index (χ1) is 10.4. The fourth-order valence-corrected chi connectivity index (χ4v) is 3.34. The summed E-state index contributed by atoms with van der Waals surface area (Å²) < 4.78 is 7.69. The van der Waals surface area contributed by atoms with Gasteiger partial charge in [-0.25, -0.2) is 9.67 Å². The minimum Gasteiger partial charge on any atom is -0.375 e. The molecule has 110 valence electrons. The Morgan fingerprint density at radius 2 is 1.90 bits per heavy atom. The lowest BCUT2D eigenvalue weighted by atomic mass is 10.0. The molecule has 2 atom stereocenters. The van der Waals surface area contributed by atoms with Gasteiger partial charge in [0.1, 0.15) is 6.33 Å². The average Bonchev–Trinajstić information content (AvgIpc) is 3.13. The van der Waals surface area contributed by atoms with Crippen molar-refractivity contribution in [3.63, 3.8) is 0 Å². The van der Waals surface area contributed by atoms with Gasteiger partial charge in [0.05, 0.1) is 24.4 Å². The SMILES string of the molecule is c1ccc(-n2cnc(CNC3CC4CCC(C3)O4)n2)cc1. The maximum absolute atomic E-state index is 5.87. The first-order valence-corrected chi connectivity index (χ1v) is 7.71. The minimum absolute atomic E-state index is 0.469. The van der Waals surface area contributed by atoms with Crippen LogP contribution in [0.2, 0.25) is 0 Å². The smallest absolute Gasteiger partial charge is 0.164 e. The van der Waals surface area contributed by atoms with Crippen molar-refractivity contribution in [2.45, 2.75) is 50.5 Å². The Morgan fingerprint density at radius 1 is 1.14 bits per heavy atom. The Hall–Kier alpha value is -1.72. The summed E-state index contributed by atoms with van der Waals surface area (Å²) in [4.78, 5) is 4.39. The lowest BCUT2D eigenvalue weighted by Crippen LogP contribution is -2.38. The summed E-state index contributed by atoms with van der Waals surface area (Å²) in [5.74, 6) is 0.845. The molecule has 0 radical (unpaired) electrons. The normalized spacial score (nSPS) is 27.9. The number of hydrogen-bond acceptors (Lipinski definition) is 4. The second kappa shape index (κ2) is 5.58. The number of fused-ring (bicyclic) bond motifs is 2. The summed E-state index contributed by atoms with van der Waals surface area (Å²) in [6, 6.07) is 10.6. The van der Waals surface area contributed by atoms with Gasteiger partial charge < -0.3 is 10.1 Å². The van der Waals surface area contributed by atoms with E-state index in [0.29, 0.717) is 18.2 Å². The van der Waals surface area contributed by atoms with Crippen LogP contribution in [0.1, 0.15) is 31.5 Å². The van der Waals surface area contributed by atoms with E-state index in [1.807, 2.05) is 35.0 Å². The van der Waals surface area contributed by atoms with E-state index in [4.69, 9.17) is 4.74 Å². The van der Waals surface area contributed by atoms with Crippen LogP contribution in [-0.2, 0) is 11.3 Å². The Kier molecular flexibility index (Phi) is 3.45. The number of benzene rings is 1. The Balaban J connectivity index is 1.36. The predicted octanol–water partition coefficient (Wildman–Crippen LogP) is 2.07. The van der Waals surface area contributed by atoms with Crippen molar-refractivity contribution >= 4 is 0 Å². The molecule has 3 heterocycles. The van der Waals surface area contributed by atoms with Gasteiger partial charge in [-0.2, -0.15) is 0 Å². The lowest BCUT2D eigenvalue weighted by Gasteiger charge is -2.28. The van der Waals surface area contributed by atoms with Gasteiger partial charge in [0.2, 0.25) is 0 Å². The second-order valence-corrected chi connectivity index (χ2v) is 5.95. The molecule has 4 rings (SSSR count). The van der Waals surface area contributed by atoms with Crippen molar-refractivity contribution in [1.82, 2.24) is 20.1 Å². The summed E-state index contributed by atoms with van der Waals surface area (Å²) in [5, 5.41) is 8.12. The summed E-state index contributed by atoms with van der Waals surface area (Å²) in [6.07, 6.45) is 7.41. The van der Waals surface area contributed by atoms with Crippen LogP contribution < -0.4 is 5.32 Å². The molecular formula is C16H20N4O. The van der Waals surface area contributed by atoms with Gasteiger partial charge in [-0.05, 0) is 37.8 Å². The van der Waals surface area contributed by atoms with Crippen LogP contribution in [0, 0.1) is 0 Å². The van der Waals surface area contributed by atoms with Crippen molar-refractivity contribution in [2.75, 3.05) is 0 Å². The summed E-state index contributed by atoms with van der Waals surface area (Å²) in [6.45, 7) is 0.726. The predicted molar refractivity (Wildman–Crippen MR) is 79.1 cm³/mol. The highest BCUT2D eigenvalue weighted by molar-refractivity contribution is 5.29. The van der Waals surface area contributed by atoms with E-state index >= 15 is 0 Å². The Morgan fingerprint density at radius 3 is 2.67 bits per heavy atom. The summed E-state index contributed by atoms with van der Waals surface area (Å²) >= 11 is 0. The highest BCUT2D eigenvalue weighted by Gasteiger charge is 2.34. The fourth-order valence-electron chi connectivity index (χ4n) is 3.34. The number of nitrogens with one attached hydrogen (secondary N) is 1. The first-order valence-electron chi connectivity index (χ1n) is 7.71. The number of aromatic nitrogens is 3. The van der Waals surface area contributed by atoms with Crippen LogP contribution in [-0.4, -0.2) is 33.0 Å². The van der Waals surface area contributed by atoms with E-state index in [1.54, 1.807) is 6.33 Å². The first kappa shape index (κ1) is 13.0. The molecule has 0 saturated carbocycles. The molecule has 0 aliphatic carbocycles. The molecule has 0 spiro atoms. The lowest BCUT2D eigenvalue weighted by molar-refractivity contribution is -0.00901. The van der Waals surface area contributed by atoms with Crippen LogP contribution in [0.4, 0.5) is 0 Å². The molecule has 1 aromatic carbocycles. The zero-order chi connectivity index (χ0) is 14.1. The van der Waals surface area contributed by atoms with Crippen LogP contribution >= 0.6 is 0 Å². The van der Waals surface area contributed by atoms with Crippen molar-refractivity contribution in [1.29, 1.82) is 0 Å². The Bertz CT molecular complexity index is 585. The molecule has 21 heavy (non-hydrogen) atoms. The summed E-state index contributed by atoms with van der Waals surface area (Å²) in [5.41, 5.74) is 1.04. The van der Waals surface area contributed by atoms with Crippen LogP contribution in [0.15, 0.2) is 36.7 Å². The molecule has 5 heteroatoms. The van der Waals surface area contributed by atoms with Gasteiger partial charge in [-0.1, -0.05) is 18.2 Å². The van der Waals surface area contributed by atoms with Crippen LogP contribution in [0.3, 0.4) is 0 Å². The van der Waals surface area contributed by atoms with Gasteiger partial charge in [0.15, 0.2) is 5.82 Å². The maximum atomic E-state index is 5.87. The molecule has 2 unspecified atom stereocenters. The van der Waals surface area contributed by atoms with E-state index in [0.717, 1.165) is 30.9 Å². The molecule has 5 nitrogen and oxygen atoms in total. The molecule has 2 aliphatic heterocycles. The third-order valence-electron chi connectivity index (χ3n) is 4.40. The standard InChI is InChI=1S/C16H20N4O/c1-2-4-13(5-3-1)20-11-18-16(19-20)10-17-12-8-14-6-7-15(9-12)21-14/h1-5,11-12,14-15,17H,6-10H2. The van der Waals surface area contributed by atoms with Gasteiger partial charge in [-0.3, -0.25) is 0 Å². The van der Waals surface area contributed by atoms with Crippen LogP contribution in [0.5, 0.6) is 0 Å².